The number of hydrogen-bond donors (Lipinski definition) is 3. The number of hydrogen-bond acceptors (Lipinski definition) is 2. The van der Waals surface area contributed by atoms with Crippen molar-refractivity contribution in [2.24, 2.45) is 0 Å². The Morgan fingerprint density at radius 3 is 3.00 bits per heavy atom. The Kier molecular flexibility index (Phi) is 1.29. The lowest BCUT2D eigenvalue weighted by Gasteiger charge is -1.95. The van der Waals surface area contributed by atoms with E-state index >= 15 is 0 Å². The zero-order chi connectivity index (χ0) is 9.71. The second-order valence-electron chi connectivity index (χ2n) is 3.69. The Morgan fingerprint density at radius 1 is 1.29 bits per heavy atom. The van der Waals surface area contributed by atoms with Crippen LogP contribution in [-0.2, 0) is 6.42 Å². The molecule has 2 aromatic rings. The number of aromatic hydroxyl groups is 1. The molecule has 1 heterocycles. The van der Waals surface area contributed by atoms with E-state index in [1.807, 2.05) is 6.07 Å². The van der Waals surface area contributed by atoms with Gasteiger partial charge in [-0.3, -0.25) is 0 Å². The van der Waals surface area contributed by atoms with Gasteiger partial charge in [0.2, 0.25) is 0 Å². The Hall–Kier alpha value is -1.77. The minimum Gasteiger partial charge on any atom is -0.508 e. The zero-order valence-corrected chi connectivity index (χ0v) is 7.59. The van der Waals surface area contributed by atoms with Crippen molar-refractivity contribution in [3.05, 3.63) is 29.5 Å². The Labute approximate surface area is 80.9 Å². The molecule has 3 rings (SSSR count). The Balaban J connectivity index is 2.43. The predicted octanol–water partition coefficient (Wildman–Crippen LogP) is 2.19. The average Bonchev–Trinajstić information content (AvgIpc) is 2.67. The molecule has 0 fully saturated rings. The third-order valence-electron chi connectivity index (χ3n) is 2.79. The van der Waals surface area contributed by atoms with E-state index in [-0.39, 0.29) is 5.75 Å². The maximum Gasteiger partial charge on any atom is 0.116 e. The summed E-state index contributed by atoms with van der Waals surface area (Å²) in [5.74, 6) is 0.263. The third kappa shape index (κ3) is 0.839. The van der Waals surface area contributed by atoms with Gasteiger partial charge in [-0.2, -0.15) is 0 Å². The van der Waals surface area contributed by atoms with Crippen LogP contribution >= 0.6 is 0 Å². The van der Waals surface area contributed by atoms with Crippen LogP contribution in [0.2, 0.25) is 0 Å². The van der Waals surface area contributed by atoms with Gasteiger partial charge >= 0.3 is 0 Å². The first-order valence-electron chi connectivity index (χ1n) is 4.67. The number of phenolic OH excluding ortho intramolecular Hbond substituents is 1. The number of fused-ring (bicyclic) bond motifs is 3. The van der Waals surface area contributed by atoms with Gasteiger partial charge in [-0.15, -0.1) is 0 Å². The normalized spacial score (nSPS) is 15.0. The molecule has 0 aliphatic heterocycles. The van der Waals surface area contributed by atoms with Crippen LogP contribution in [0.5, 0.6) is 5.75 Å². The van der Waals surface area contributed by atoms with Gasteiger partial charge in [0.1, 0.15) is 5.75 Å². The van der Waals surface area contributed by atoms with E-state index in [1.54, 1.807) is 12.1 Å². The van der Waals surface area contributed by atoms with Crippen LogP contribution in [0.1, 0.15) is 17.7 Å². The van der Waals surface area contributed by atoms with Gasteiger partial charge < -0.3 is 15.5 Å². The van der Waals surface area contributed by atoms with E-state index in [4.69, 9.17) is 5.41 Å². The van der Waals surface area contributed by atoms with Crippen LogP contribution < -0.4 is 0 Å². The van der Waals surface area contributed by atoms with Crippen molar-refractivity contribution in [1.82, 2.24) is 4.98 Å². The van der Waals surface area contributed by atoms with Crippen molar-refractivity contribution >= 4 is 16.6 Å². The molecule has 0 atom stereocenters. The van der Waals surface area contributed by atoms with Crippen molar-refractivity contribution in [1.29, 1.82) is 5.41 Å². The number of H-pyrrole nitrogens is 1. The molecule has 70 valence electrons. The summed E-state index contributed by atoms with van der Waals surface area (Å²) < 4.78 is 0. The van der Waals surface area contributed by atoms with Crippen LogP contribution in [0.25, 0.3) is 10.9 Å². The van der Waals surface area contributed by atoms with Crippen molar-refractivity contribution in [2.45, 2.75) is 12.8 Å². The number of benzene rings is 1. The quantitative estimate of drug-likeness (QED) is 0.580. The molecule has 1 aliphatic carbocycles. The number of aryl methyl sites for hydroxylation is 1. The second kappa shape index (κ2) is 2.38. The fourth-order valence-corrected chi connectivity index (χ4v) is 2.14. The highest BCUT2D eigenvalue weighted by atomic mass is 16.3. The minimum absolute atomic E-state index is 0.263. The molecule has 1 aromatic carbocycles. The highest BCUT2D eigenvalue weighted by Crippen LogP contribution is 2.31. The van der Waals surface area contributed by atoms with Gasteiger partial charge in [0.15, 0.2) is 0 Å². The molecule has 0 saturated carbocycles. The van der Waals surface area contributed by atoms with Crippen LogP contribution in [0.4, 0.5) is 0 Å². The van der Waals surface area contributed by atoms with E-state index in [2.05, 4.69) is 4.98 Å². The predicted molar refractivity (Wildman–Crippen MR) is 55.1 cm³/mol. The molecule has 0 saturated heterocycles. The molecule has 1 aliphatic rings. The molecule has 3 nitrogen and oxygen atoms in total. The molecule has 3 heteroatoms. The van der Waals surface area contributed by atoms with Crippen LogP contribution in [0.15, 0.2) is 18.2 Å². The molecule has 0 spiro atoms. The maximum atomic E-state index is 9.38. The first-order chi connectivity index (χ1) is 6.75. The molecule has 0 bridgehead atoms. The average molecular weight is 186 g/mol. The maximum absolute atomic E-state index is 9.38. The first-order valence-corrected chi connectivity index (χ1v) is 4.67. The van der Waals surface area contributed by atoms with Crippen LogP contribution in [0, 0.1) is 5.41 Å². The number of nitrogens with one attached hydrogen (secondary N) is 2. The van der Waals surface area contributed by atoms with E-state index in [1.165, 1.54) is 0 Å². The Bertz CT molecular complexity index is 539. The van der Waals surface area contributed by atoms with Crippen molar-refractivity contribution in [3.63, 3.8) is 0 Å². The summed E-state index contributed by atoms with van der Waals surface area (Å²) in [7, 11) is 0. The van der Waals surface area contributed by atoms with Crippen molar-refractivity contribution < 1.29 is 5.11 Å². The van der Waals surface area contributed by atoms with Crippen molar-refractivity contribution in [2.75, 3.05) is 0 Å². The Morgan fingerprint density at radius 2 is 2.14 bits per heavy atom. The number of aromatic nitrogens is 1. The summed E-state index contributed by atoms with van der Waals surface area (Å²) >= 11 is 0. The van der Waals surface area contributed by atoms with Gasteiger partial charge in [-0.1, -0.05) is 0 Å². The molecular formula is C11H10N2O. The van der Waals surface area contributed by atoms with Crippen molar-refractivity contribution in [3.8, 4) is 5.75 Å². The molecule has 1 aromatic heterocycles. The summed E-state index contributed by atoms with van der Waals surface area (Å²) in [6.45, 7) is 0. The van der Waals surface area contributed by atoms with E-state index in [9.17, 15) is 5.11 Å². The monoisotopic (exact) mass is 186 g/mol. The SMILES string of the molecule is N=C1CCc2[nH]c3ccc(O)cc3c21. The second-order valence-corrected chi connectivity index (χ2v) is 3.69. The third-order valence-corrected chi connectivity index (χ3v) is 2.79. The number of aromatic amines is 1. The highest BCUT2D eigenvalue weighted by Gasteiger charge is 2.21. The molecule has 3 N–H and O–H groups in total. The van der Waals surface area contributed by atoms with E-state index in [0.29, 0.717) is 5.71 Å². The van der Waals surface area contributed by atoms with Crippen LogP contribution in [-0.4, -0.2) is 15.8 Å². The van der Waals surface area contributed by atoms with E-state index in [0.717, 1.165) is 35.0 Å². The standard InChI is InChI=1S/C11H10N2O/c12-8-2-4-10-11(8)7-5-6(14)1-3-9(7)13-10/h1,3,5,12-14H,2,4H2. The molecule has 0 radical (unpaired) electrons. The molecule has 0 unspecified atom stereocenters. The van der Waals surface area contributed by atoms with Gasteiger partial charge in [-0.25, -0.2) is 0 Å². The number of phenols is 1. The molecular weight excluding hydrogens is 176 g/mol. The molecule has 14 heavy (non-hydrogen) atoms. The summed E-state index contributed by atoms with van der Waals surface area (Å²) in [5.41, 5.74) is 3.82. The fourth-order valence-electron chi connectivity index (χ4n) is 2.14. The summed E-state index contributed by atoms with van der Waals surface area (Å²) in [6.07, 6.45) is 1.73. The lowest BCUT2D eigenvalue weighted by Crippen LogP contribution is -1.89. The van der Waals surface area contributed by atoms with Crippen LogP contribution in [0.3, 0.4) is 0 Å². The van der Waals surface area contributed by atoms with Gasteiger partial charge in [0, 0.05) is 27.9 Å². The lowest BCUT2D eigenvalue weighted by molar-refractivity contribution is 0.476. The fraction of sp³-hybridized carbons (Fsp3) is 0.182. The lowest BCUT2D eigenvalue weighted by atomic mass is 10.1. The van der Waals surface area contributed by atoms with E-state index < -0.39 is 0 Å². The summed E-state index contributed by atoms with van der Waals surface area (Å²) in [4.78, 5) is 3.28. The summed E-state index contributed by atoms with van der Waals surface area (Å²) in [5, 5.41) is 18.2. The first kappa shape index (κ1) is 7.62. The van der Waals surface area contributed by atoms with Gasteiger partial charge in [0.25, 0.3) is 0 Å². The zero-order valence-electron chi connectivity index (χ0n) is 7.59. The smallest absolute Gasteiger partial charge is 0.116 e. The molecule has 0 amide bonds. The van der Waals surface area contributed by atoms with Gasteiger partial charge in [0.05, 0.1) is 0 Å². The number of rotatable bonds is 0. The van der Waals surface area contributed by atoms with Gasteiger partial charge in [-0.05, 0) is 31.0 Å². The minimum atomic E-state index is 0.263. The largest absolute Gasteiger partial charge is 0.508 e. The highest BCUT2D eigenvalue weighted by molar-refractivity contribution is 6.12. The summed E-state index contributed by atoms with van der Waals surface area (Å²) in [6, 6.07) is 5.25. The topological polar surface area (TPSA) is 59.9 Å².